The van der Waals surface area contributed by atoms with E-state index in [2.05, 4.69) is 0 Å². The minimum Gasteiger partial charge on any atom is -0.504 e. The van der Waals surface area contributed by atoms with E-state index in [0.717, 1.165) is 16.7 Å². The van der Waals surface area contributed by atoms with Crippen molar-refractivity contribution in [3.8, 4) is 23.0 Å². The number of carbonyl (C=O) groups excluding carboxylic acids is 1. The van der Waals surface area contributed by atoms with E-state index in [-0.39, 0.29) is 36.0 Å². The maximum absolute atomic E-state index is 12.7. The van der Waals surface area contributed by atoms with Gasteiger partial charge in [0.05, 0.1) is 20.3 Å². The number of aromatic hydroxyl groups is 2. The Kier molecular flexibility index (Phi) is 8.93. The maximum Gasteiger partial charge on any atom is 0.160 e. The number of ether oxygens (including phenoxy) is 2. The summed E-state index contributed by atoms with van der Waals surface area (Å²) >= 11 is 0. The topological polar surface area (TPSA) is 96.2 Å². The van der Waals surface area contributed by atoms with E-state index in [1.54, 1.807) is 30.3 Å². The molecule has 3 N–H and O–H groups in total. The molecule has 3 aromatic rings. The van der Waals surface area contributed by atoms with E-state index in [1.807, 2.05) is 36.4 Å². The fourth-order valence-electron chi connectivity index (χ4n) is 4.08. The molecular weight excluding hydrogens is 432 g/mol. The van der Waals surface area contributed by atoms with Crippen molar-refractivity contribution in [2.45, 2.75) is 38.2 Å². The molecule has 0 amide bonds. The Morgan fingerprint density at radius 1 is 0.794 bits per heavy atom. The molecule has 0 saturated heterocycles. The van der Waals surface area contributed by atoms with Crippen molar-refractivity contribution < 1.29 is 29.6 Å². The number of phenolic OH excluding ortho intramolecular Hbond substituents is 2. The number of benzene rings is 3. The van der Waals surface area contributed by atoms with Crippen molar-refractivity contribution in [1.82, 2.24) is 0 Å². The van der Waals surface area contributed by atoms with Crippen molar-refractivity contribution in [3.05, 3.63) is 83.4 Å². The van der Waals surface area contributed by atoms with E-state index in [0.29, 0.717) is 30.8 Å². The van der Waals surface area contributed by atoms with Gasteiger partial charge in [-0.25, -0.2) is 0 Å². The summed E-state index contributed by atoms with van der Waals surface area (Å²) in [6, 6.07) is 20.1. The third-order valence-corrected chi connectivity index (χ3v) is 6.00. The summed E-state index contributed by atoms with van der Waals surface area (Å²) in [4.78, 5) is 12.7. The van der Waals surface area contributed by atoms with Gasteiger partial charge in [-0.2, -0.15) is 0 Å². The van der Waals surface area contributed by atoms with Crippen LogP contribution in [0.25, 0.3) is 0 Å². The predicted octanol–water partition coefficient (Wildman–Crippen LogP) is 4.47. The molecular formula is C28H32O6. The van der Waals surface area contributed by atoms with Gasteiger partial charge >= 0.3 is 0 Å². The first kappa shape index (κ1) is 25.1. The molecule has 0 aliphatic carbocycles. The number of ketones is 1. The molecule has 0 aliphatic rings. The van der Waals surface area contributed by atoms with Gasteiger partial charge in [0.2, 0.25) is 0 Å². The third-order valence-electron chi connectivity index (χ3n) is 6.00. The first-order valence-corrected chi connectivity index (χ1v) is 11.3. The van der Waals surface area contributed by atoms with Crippen LogP contribution in [0.4, 0.5) is 0 Å². The highest BCUT2D eigenvalue weighted by Gasteiger charge is 2.23. The quantitative estimate of drug-likeness (QED) is 0.366. The zero-order chi connectivity index (χ0) is 24.5. The average Bonchev–Trinajstić information content (AvgIpc) is 2.84. The SMILES string of the molecule is COc1cc(CCC(=O)CC(O)C(Cc2ccccc2)Cc2ccc(O)c(OC)c2)ccc1O. The lowest BCUT2D eigenvalue weighted by atomic mass is 9.85. The van der Waals surface area contributed by atoms with Crippen LogP contribution < -0.4 is 9.47 Å². The van der Waals surface area contributed by atoms with Crippen molar-refractivity contribution in [3.63, 3.8) is 0 Å². The first-order valence-electron chi connectivity index (χ1n) is 11.3. The van der Waals surface area contributed by atoms with Crippen LogP contribution in [0.1, 0.15) is 29.5 Å². The Morgan fingerprint density at radius 3 is 1.97 bits per heavy atom. The van der Waals surface area contributed by atoms with Crippen molar-refractivity contribution >= 4 is 5.78 Å². The second-order valence-corrected chi connectivity index (χ2v) is 8.48. The van der Waals surface area contributed by atoms with Crippen LogP contribution in [-0.2, 0) is 24.1 Å². The summed E-state index contributed by atoms with van der Waals surface area (Å²) in [5, 5.41) is 30.7. The number of Topliss-reactive ketones (excluding diaryl/α,β-unsaturated/α-hetero) is 1. The van der Waals surface area contributed by atoms with Crippen LogP contribution in [0.5, 0.6) is 23.0 Å². The van der Waals surface area contributed by atoms with E-state index in [4.69, 9.17) is 9.47 Å². The summed E-state index contributed by atoms with van der Waals surface area (Å²) in [6.07, 6.45) is 1.18. The van der Waals surface area contributed by atoms with Gasteiger partial charge < -0.3 is 24.8 Å². The molecule has 0 saturated carbocycles. The fourth-order valence-corrected chi connectivity index (χ4v) is 4.08. The number of aryl methyl sites for hydroxylation is 1. The minimum absolute atomic E-state index is 0.0270. The summed E-state index contributed by atoms with van der Waals surface area (Å²) in [5.41, 5.74) is 2.88. The number of rotatable bonds is 12. The Bertz CT molecular complexity index is 1080. The van der Waals surface area contributed by atoms with Crippen LogP contribution in [0.2, 0.25) is 0 Å². The predicted molar refractivity (Wildman–Crippen MR) is 131 cm³/mol. The van der Waals surface area contributed by atoms with Gasteiger partial charge in [0, 0.05) is 12.8 Å². The molecule has 6 nitrogen and oxygen atoms in total. The maximum atomic E-state index is 12.7. The number of methoxy groups -OCH3 is 2. The van der Waals surface area contributed by atoms with Crippen molar-refractivity contribution in [2.24, 2.45) is 5.92 Å². The first-order chi connectivity index (χ1) is 16.4. The van der Waals surface area contributed by atoms with Crippen LogP contribution >= 0.6 is 0 Å². The smallest absolute Gasteiger partial charge is 0.160 e. The summed E-state index contributed by atoms with van der Waals surface area (Å²) in [6.45, 7) is 0. The molecule has 180 valence electrons. The molecule has 0 aliphatic heterocycles. The monoisotopic (exact) mass is 464 g/mol. The Labute approximate surface area is 200 Å². The number of carbonyl (C=O) groups is 1. The van der Waals surface area contributed by atoms with Gasteiger partial charge in [-0.05, 0) is 66.1 Å². The zero-order valence-corrected chi connectivity index (χ0v) is 19.6. The molecule has 3 aromatic carbocycles. The highest BCUT2D eigenvalue weighted by molar-refractivity contribution is 5.79. The molecule has 0 spiro atoms. The highest BCUT2D eigenvalue weighted by atomic mass is 16.5. The van der Waals surface area contributed by atoms with Gasteiger partial charge in [-0.3, -0.25) is 4.79 Å². The standard InChI is InChI=1S/C28H32O6/c1-33-27-16-20(9-12-24(27)30)8-11-23(29)18-26(32)22(14-19-6-4-3-5-7-19)15-21-10-13-25(31)28(17-21)34-2/h3-7,9-10,12-13,16-17,22,26,30-32H,8,11,14-15,18H2,1-2H3. The van der Waals surface area contributed by atoms with Crippen molar-refractivity contribution in [1.29, 1.82) is 0 Å². The molecule has 0 bridgehead atoms. The Morgan fingerprint density at radius 2 is 1.35 bits per heavy atom. The van der Waals surface area contributed by atoms with E-state index in [9.17, 15) is 20.1 Å². The fraction of sp³-hybridized carbons (Fsp3) is 0.321. The largest absolute Gasteiger partial charge is 0.504 e. The molecule has 6 heteroatoms. The lowest BCUT2D eigenvalue weighted by Gasteiger charge is -2.23. The Balaban J connectivity index is 1.67. The second kappa shape index (κ2) is 12.1. The van der Waals surface area contributed by atoms with Gasteiger partial charge in [-0.15, -0.1) is 0 Å². The van der Waals surface area contributed by atoms with Crippen LogP contribution in [-0.4, -0.2) is 41.4 Å². The van der Waals surface area contributed by atoms with E-state index >= 15 is 0 Å². The normalized spacial score (nSPS) is 12.7. The molecule has 34 heavy (non-hydrogen) atoms. The van der Waals surface area contributed by atoms with Crippen LogP contribution in [0.3, 0.4) is 0 Å². The molecule has 2 atom stereocenters. The number of hydrogen-bond acceptors (Lipinski definition) is 6. The Hall–Kier alpha value is -3.51. The van der Waals surface area contributed by atoms with Crippen LogP contribution in [0, 0.1) is 5.92 Å². The lowest BCUT2D eigenvalue weighted by Crippen LogP contribution is -2.27. The summed E-state index contributed by atoms with van der Waals surface area (Å²) < 4.78 is 10.3. The van der Waals surface area contributed by atoms with Crippen molar-refractivity contribution in [2.75, 3.05) is 14.2 Å². The number of aliphatic hydroxyl groups is 1. The molecule has 0 aromatic heterocycles. The zero-order valence-electron chi connectivity index (χ0n) is 19.6. The lowest BCUT2D eigenvalue weighted by molar-refractivity contribution is -0.121. The van der Waals surface area contributed by atoms with Gasteiger partial charge in [-0.1, -0.05) is 42.5 Å². The summed E-state index contributed by atoms with van der Waals surface area (Å²) in [5.74, 6) is 0.661. The van der Waals surface area contributed by atoms with E-state index in [1.165, 1.54) is 14.2 Å². The molecule has 2 unspecified atom stereocenters. The van der Waals surface area contributed by atoms with E-state index < -0.39 is 6.10 Å². The van der Waals surface area contributed by atoms with Gasteiger partial charge in [0.1, 0.15) is 5.78 Å². The molecule has 0 radical (unpaired) electrons. The highest BCUT2D eigenvalue weighted by Crippen LogP contribution is 2.30. The third kappa shape index (κ3) is 6.99. The van der Waals surface area contributed by atoms with Crippen LogP contribution in [0.15, 0.2) is 66.7 Å². The summed E-state index contributed by atoms with van der Waals surface area (Å²) in [7, 11) is 2.98. The number of aliphatic hydroxyl groups excluding tert-OH is 1. The second-order valence-electron chi connectivity index (χ2n) is 8.48. The average molecular weight is 465 g/mol. The van der Waals surface area contributed by atoms with Gasteiger partial charge in [0.25, 0.3) is 0 Å². The molecule has 0 heterocycles. The van der Waals surface area contributed by atoms with Gasteiger partial charge in [0.15, 0.2) is 23.0 Å². The molecule has 3 rings (SSSR count). The number of phenols is 2. The number of hydrogen-bond donors (Lipinski definition) is 3. The molecule has 0 fully saturated rings. The minimum atomic E-state index is -0.818.